The van der Waals surface area contributed by atoms with E-state index >= 15 is 0 Å². The number of non-ortho nitro benzene ring substituents is 1. The standard InChI is InChI=1S/C14H17NO4/c1-10-6-8-14(9-7-10,13(16)17)11-2-4-12(5-3-11)15(18)19/h2-5,10H,6-9H2,1H3,(H,16,17). The molecule has 0 aromatic heterocycles. The minimum absolute atomic E-state index is 0.00605. The maximum atomic E-state index is 11.7. The third kappa shape index (κ3) is 2.45. The van der Waals surface area contributed by atoms with Gasteiger partial charge in [-0.3, -0.25) is 14.9 Å². The minimum atomic E-state index is -0.873. The van der Waals surface area contributed by atoms with Crippen LogP contribution in [0, 0.1) is 16.0 Å². The predicted octanol–water partition coefficient (Wildman–Crippen LogP) is 3.13. The maximum Gasteiger partial charge on any atom is 0.314 e. The second-order valence-electron chi connectivity index (χ2n) is 5.37. The number of rotatable bonds is 3. The molecule has 1 fully saturated rings. The first-order valence-corrected chi connectivity index (χ1v) is 6.44. The second kappa shape index (κ2) is 4.99. The Labute approximate surface area is 111 Å². The summed E-state index contributed by atoms with van der Waals surface area (Å²) in [6, 6.07) is 5.95. The summed E-state index contributed by atoms with van der Waals surface area (Å²) >= 11 is 0. The van der Waals surface area contributed by atoms with Crippen molar-refractivity contribution < 1.29 is 14.8 Å². The molecular weight excluding hydrogens is 246 g/mol. The highest BCUT2D eigenvalue weighted by Gasteiger charge is 2.42. The minimum Gasteiger partial charge on any atom is -0.481 e. The molecule has 2 rings (SSSR count). The number of hydrogen-bond acceptors (Lipinski definition) is 3. The number of aliphatic carboxylic acids is 1. The van der Waals surface area contributed by atoms with Crippen LogP contribution >= 0.6 is 0 Å². The van der Waals surface area contributed by atoms with Crippen LogP contribution in [-0.2, 0) is 10.2 Å². The van der Waals surface area contributed by atoms with Crippen LogP contribution in [-0.4, -0.2) is 16.0 Å². The number of nitro groups is 1. The SMILES string of the molecule is CC1CCC(C(=O)O)(c2ccc([N+](=O)[O-])cc2)CC1. The normalized spacial score (nSPS) is 26.9. The van der Waals surface area contributed by atoms with Crippen LogP contribution in [0.25, 0.3) is 0 Å². The van der Waals surface area contributed by atoms with Crippen LogP contribution in [0.2, 0.25) is 0 Å². The molecule has 5 heteroatoms. The van der Waals surface area contributed by atoms with E-state index in [0.717, 1.165) is 12.8 Å². The Morgan fingerprint density at radius 1 is 1.32 bits per heavy atom. The van der Waals surface area contributed by atoms with Crippen LogP contribution < -0.4 is 0 Å². The van der Waals surface area contributed by atoms with Crippen molar-refractivity contribution in [3.05, 3.63) is 39.9 Å². The molecule has 1 aliphatic carbocycles. The fourth-order valence-corrected chi connectivity index (χ4v) is 2.78. The Balaban J connectivity index is 2.34. The van der Waals surface area contributed by atoms with E-state index in [4.69, 9.17) is 0 Å². The lowest BCUT2D eigenvalue weighted by Crippen LogP contribution is -2.39. The summed E-state index contributed by atoms with van der Waals surface area (Å²) in [5.41, 5.74) is -0.201. The Kier molecular flexibility index (Phi) is 3.55. The number of nitro benzene ring substituents is 1. The molecule has 0 heterocycles. The average molecular weight is 263 g/mol. The van der Waals surface area contributed by atoms with Crippen molar-refractivity contribution in [3.8, 4) is 0 Å². The summed E-state index contributed by atoms with van der Waals surface area (Å²) in [7, 11) is 0. The van der Waals surface area contributed by atoms with E-state index in [2.05, 4.69) is 6.92 Å². The molecule has 1 aromatic carbocycles. The third-order valence-corrected chi connectivity index (χ3v) is 4.17. The summed E-state index contributed by atoms with van der Waals surface area (Å²) in [5.74, 6) is -0.279. The Morgan fingerprint density at radius 3 is 2.26 bits per heavy atom. The van der Waals surface area contributed by atoms with Gasteiger partial charge in [0.15, 0.2) is 0 Å². The van der Waals surface area contributed by atoms with Gasteiger partial charge in [0.25, 0.3) is 5.69 Å². The first-order chi connectivity index (χ1) is 8.95. The Hall–Kier alpha value is -1.91. The van der Waals surface area contributed by atoms with Gasteiger partial charge in [0, 0.05) is 12.1 Å². The van der Waals surface area contributed by atoms with Crippen molar-refractivity contribution in [2.75, 3.05) is 0 Å². The molecule has 102 valence electrons. The zero-order valence-electron chi connectivity index (χ0n) is 10.8. The quantitative estimate of drug-likeness (QED) is 0.671. The van der Waals surface area contributed by atoms with E-state index in [0.29, 0.717) is 24.3 Å². The van der Waals surface area contributed by atoms with E-state index in [9.17, 15) is 20.0 Å². The molecule has 0 radical (unpaired) electrons. The summed E-state index contributed by atoms with van der Waals surface area (Å²) in [5, 5.41) is 20.2. The molecule has 0 bridgehead atoms. The molecule has 0 spiro atoms. The van der Waals surface area contributed by atoms with Gasteiger partial charge in [-0.2, -0.15) is 0 Å². The van der Waals surface area contributed by atoms with Gasteiger partial charge in [0.05, 0.1) is 10.3 Å². The first kappa shape index (κ1) is 13.5. The molecule has 1 saturated carbocycles. The Bertz CT molecular complexity index is 487. The van der Waals surface area contributed by atoms with Crippen molar-refractivity contribution in [3.63, 3.8) is 0 Å². The zero-order chi connectivity index (χ0) is 14.0. The van der Waals surface area contributed by atoms with Gasteiger partial charge in [-0.15, -0.1) is 0 Å². The monoisotopic (exact) mass is 263 g/mol. The lowest BCUT2D eigenvalue weighted by molar-refractivity contribution is -0.384. The van der Waals surface area contributed by atoms with Gasteiger partial charge in [-0.25, -0.2) is 0 Å². The average Bonchev–Trinajstić information content (AvgIpc) is 2.39. The molecule has 0 unspecified atom stereocenters. The number of benzene rings is 1. The predicted molar refractivity (Wildman–Crippen MR) is 70.0 cm³/mol. The van der Waals surface area contributed by atoms with Gasteiger partial charge >= 0.3 is 5.97 Å². The summed E-state index contributed by atoms with van der Waals surface area (Å²) in [6.45, 7) is 2.13. The van der Waals surface area contributed by atoms with Crippen molar-refractivity contribution in [2.24, 2.45) is 5.92 Å². The zero-order valence-corrected chi connectivity index (χ0v) is 10.8. The molecule has 0 saturated heterocycles. The lowest BCUT2D eigenvalue weighted by atomic mass is 9.67. The molecule has 1 aromatic rings. The van der Waals surface area contributed by atoms with Crippen molar-refractivity contribution >= 4 is 11.7 Å². The van der Waals surface area contributed by atoms with Crippen molar-refractivity contribution in [1.82, 2.24) is 0 Å². The molecule has 1 aliphatic rings. The molecule has 0 amide bonds. The maximum absolute atomic E-state index is 11.7. The van der Waals surface area contributed by atoms with E-state index in [1.807, 2.05) is 0 Å². The molecule has 19 heavy (non-hydrogen) atoms. The van der Waals surface area contributed by atoms with E-state index < -0.39 is 16.3 Å². The largest absolute Gasteiger partial charge is 0.481 e. The van der Waals surface area contributed by atoms with Crippen molar-refractivity contribution in [1.29, 1.82) is 0 Å². The first-order valence-electron chi connectivity index (χ1n) is 6.44. The fourth-order valence-electron chi connectivity index (χ4n) is 2.78. The van der Waals surface area contributed by atoms with E-state index in [1.165, 1.54) is 12.1 Å². The van der Waals surface area contributed by atoms with Crippen LogP contribution in [0.4, 0.5) is 5.69 Å². The van der Waals surface area contributed by atoms with Gasteiger partial charge in [-0.1, -0.05) is 19.1 Å². The van der Waals surface area contributed by atoms with Crippen LogP contribution in [0.1, 0.15) is 38.2 Å². The number of hydrogen-bond donors (Lipinski definition) is 1. The van der Waals surface area contributed by atoms with Crippen LogP contribution in [0.3, 0.4) is 0 Å². The number of carboxylic acids is 1. The third-order valence-electron chi connectivity index (χ3n) is 4.17. The smallest absolute Gasteiger partial charge is 0.314 e. The molecule has 0 aliphatic heterocycles. The topological polar surface area (TPSA) is 80.4 Å². The van der Waals surface area contributed by atoms with Crippen LogP contribution in [0.15, 0.2) is 24.3 Å². The summed E-state index contributed by atoms with van der Waals surface area (Å²) < 4.78 is 0. The highest BCUT2D eigenvalue weighted by Crippen LogP contribution is 2.42. The molecule has 1 N–H and O–H groups in total. The fraction of sp³-hybridized carbons (Fsp3) is 0.500. The molecular formula is C14H17NO4. The summed E-state index contributed by atoms with van der Waals surface area (Å²) in [4.78, 5) is 21.8. The number of carbonyl (C=O) groups is 1. The van der Waals surface area contributed by atoms with Crippen molar-refractivity contribution in [2.45, 2.75) is 38.0 Å². The molecule has 0 atom stereocenters. The van der Waals surface area contributed by atoms with E-state index in [-0.39, 0.29) is 5.69 Å². The van der Waals surface area contributed by atoms with Gasteiger partial charge < -0.3 is 5.11 Å². The van der Waals surface area contributed by atoms with Gasteiger partial charge in [0.2, 0.25) is 0 Å². The van der Waals surface area contributed by atoms with Gasteiger partial charge in [-0.05, 0) is 37.2 Å². The Morgan fingerprint density at radius 2 is 1.84 bits per heavy atom. The highest BCUT2D eigenvalue weighted by atomic mass is 16.6. The van der Waals surface area contributed by atoms with Gasteiger partial charge in [0.1, 0.15) is 0 Å². The van der Waals surface area contributed by atoms with Crippen LogP contribution in [0.5, 0.6) is 0 Å². The molecule has 5 nitrogen and oxygen atoms in total. The van der Waals surface area contributed by atoms with E-state index in [1.54, 1.807) is 12.1 Å². The number of carboxylic acid groups (broad SMARTS) is 1. The second-order valence-corrected chi connectivity index (χ2v) is 5.37. The number of nitrogens with zero attached hydrogens (tertiary/aromatic N) is 1. The lowest BCUT2D eigenvalue weighted by Gasteiger charge is -2.36. The highest BCUT2D eigenvalue weighted by molar-refractivity contribution is 5.81. The summed E-state index contributed by atoms with van der Waals surface area (Å²) in [6.07, 6.45) is 2.95.